The molecule has 0 radical (unpaired) electrons. The van der Waals surface area contributed by atoms with Crippen LogP contribution in [-0.2, 0) is 4.74 Å². The number of hydrogen-bond acceptors (Lipinski definition) is 7. The molecule has 0 aromatic heterocycles. The van der Waals surface area contributed by atoms with Gasteiger partial charge in [0.2, 0.25) is 0 Å². The fourth-order valence-electron chi connectivity index (χ4n) is 3.92. The topological polar surface area (TPSA) is 88.5 Å². The Balaban J connectivity index is 1.62. The van der Waals surface area contributed by atoms with E-state index in [1.54, 1.807) is 12.1 Å². The summed E-state index contributed by atoms with van der Waals surface area (Å²) in [6, 6.07) is 7.16. The maximum atomic E-state index is 12.5. The molecule has 0 unspecified atom stereocenters. The smallest absolute Gasteiger partial charge is 0.251 e. The summed E-state index contributed by atoms with van der Waals surface area (Å²) in [4.78, 5) is 19.0. The SMILES string of the molecule is CN1CCN([C@H]2[C@H](O)[C@H](CO)O[C@@H]2CNC(=O)c2ccc(N(C)C)cc2)CC1. The first-order chi connectivity index (χ1) is 13.4. The molecule has 1 amide bonds. The normalized spacial score (nSPS) is 29.0. The Hall–Kier alpha value is -1.71. The van der Waals surface area contributed by atoms with E-state index in [1.165, 1.54) is 0 Å². The van der Waals surface area contributed by atoms with Crippen LogP contribution in [0.5, 0.6) is 0 Å². The van der Waals surface area contributed by atoms with Gasteiger partial charge in [-0.05, 0) is 31.3 Å². The predicted octanol–water partition coefficient (Wildman–Crippen LogP) is -0.781. The number of hydrogen-bond donors (Lipinski definition) is 3. The van der Waals surface area contributed by atoms with Gasteiger partial charge in [-0.1, -0.05) is 0 Å². The summed E-state index contributed by atoms with van der Waals surface area (Å²) in [7, 11) is 5.98. The largest absolute Gasteiger partial charge is 0.394 e. The van der Waals surface area contributed by atoms with Gasteiger partial charge in [0.25, 0.3) is 5.91 Å². The Morgan fingerprint density at radius 1 is 1.18 bits per heavy atom. The summed E-state index contributed by atoms with van der Waals surface area (Å²) in [6.07, 6.45) is -1.75. The van der Waals surface area contributed by atoms with Crippen LogP contribution in [0, 0.1) is 0 Å². The number of nitrogens with one attached hydrogen (secondary N) is 1. The van der Waals surface area contributed by atoms with Crippen LogP contribution < -0.4 is 10.2 Å². The van der Waals surface area contributed by atoms with Crippen LogP contribution in [0.4, 0.5) is 5.69 Å². The molecule has 156 valence electrons. The van der Waals surface area contributed by atoms with Crippen molar-refractivity contribution < 1.29 is 19.7 Å². The molecule has 8 nitrogen and oxygen atoms in total. The highest BCUT2D eigenvalue weighted by atomic mass is 16.5. The number of ether oxygens (including phenoxy) is 1. The Labute approximate surface area is 166 Å². The van der Waals surface area contributed by atoms with Gasteiger partial charge in [-0.2, -0.15) is 0 Å². The van der Waals surface area contributed by atoms with Crippen molar-refractivity contribution in [3.63, 3.8) is 0 Å². The standard InChI is InChI=1S/C20H32N4O4/c1-22(2)15-6-4-14(5-7-15)20(27)21-12-16-18(19(26)17(13-25)28-16)24-10-8-23(3)9-11-24/h4-7,16-19,25-26H,8-13H2,1-3H3,(H,21,27)/t16-,17+,18-,19-/m1/s1. The first-order valence-electron chi connectivity index (χ1n) is 9.83. The average molecular weight is 393 g/mol. The zero-order valence-electron chi connectivity index (χ0n) is 16.9. The minimum Gasteiger partial charge on any atom is -0.394 e. The Morgan fingerprint density at radius 3 is 2.39 bits per heavy atom. The lowest BCUT2D eigenvalue weighted by Crippen LogP contribution is -2.56. The van der Waals surface area contributed by atoms with E-state index in [9.17, 15) is 15.0 Å². The van der Waals surface area contributed by atoms with E-state index >= 15 is 0 Å². The number of anilines is 1. The quantitative estimate of drug-likeness (QED) is 0.585. The molecule has 0 aliphatic carbocycles. The van der Waals surface area contributed by atoms with E-state index in [0.29, 0.717) is 12.1 Å². The zero-order chi connectivity index (χ0) is 20.3. The molecule has 4 atom stereocenters. The minimum absolute atomic E-state index is 0.173. The number of aliphatic hydroxyl groups excluding tert-OH is 2. The van der Waals surface area contributed by atoms with Crippen LogP contribution in [0.2, 0.25) is 0 Å². The van der Waals surface area contributed by atoms with Crippen molar-refractivity contribution in [1.82, 2.24) is 15.1 Å². The fraction of sp³-hybridized carbons (Fsp3) is 0.650. The Kier molecular flexibility index (Phi) is 6.90. The second-order valence-corrected chi connectivity index (χ2v) is 7.87. The van der Waals surface area contributed by atoms with Gasteiger partial charge in [0.15, 0.2) is 0 Å². The van der Waals surface area contributed by atoms with Gasteiger partial charge in [-0.25, -0.2) is 0 Å². The highest BCUT2D eigenvalue weighted by molar-refractivity contribution is 5.94. The summed E-state index contributed by atoms with van der Waals surface area (Å²) < 4.78 is 5.88. The second-order valence-electron chi connectivity index (χ2n) is 7.87. The molecular weight excluding hydrogens is 360 g/mol. The molecule has 2 heterocycles. The third-order valence-electron chi connectivity index (χ3n) is 5.71. The van der Waals surface area contributed by atoms with E-state index in [-0.39, 0.29) is 24.7 Å². The van der Waals surface area contributed by atoms with Gasteiger partial charge in [-0.15, -0.1) is 0 Å². The molecule has 0 spiro atoms. The monoisotopic (exact) mass is 392 g/mol. The molecule has 3 N–H and O–H groups in total. The van der Waals surface area contributed by atoms with Crippen LogP contribution in [0.3, 0.4) is 0 Å². The molecule has 0 saturated carbocycles. The number of carbonyl (C=O) groups is 1. The maximum Gasteiger partial charge on any atom is 0.251 e. The third-order valence-corrected chi connectivity index (χ3v) is 5.71. The van der Waals surface area contributed by atoms with Crippen molar-refractivity contribution in [3.8, 4) is 0 Å². The van der Waals surface area contributed by atoms with Gasteiger partial charge in [0, 0.05) is 58.1 Å². The number of carbonyl (C=O) groups excluding carboxylic acids is 1. The van der Waals surface area contributed by atoms with Gasteiger partial charge in [0.05, 0.1) is 18.8 Å². The van der Waals surface area contributed by atoms with Crippen molar-refractivity contribution in [2.75, 3.05) is 65.4 Å². The zero-order valence-corrected chi connectivity index (χ0v) is 16.9. The molecular formula is C20H32N4O4. The molecule has 0 bridgehead atoms. The second kappa shape index (κ2) is 9.19. The van der Waals surface area contributed by atoms with Crippen LogP contribution in [0.25, 0.3) is 0 Å². The van der Waals surface area contributed by atoms with Crippen molar-refractivity contribution in [2.45, 2.75) is 24.4 Å². The van der Waals surface area contributed by atoms with Crippen LogP contribution >= 0.6 is 0 Å². The van der Waals surface area contributed by atoms with Crippen LogP contribution in [0.1, 0.15) is 10.4 Å². The van der Waals surface area contributed by atoms with Crippen molar-refractivity contribution in [2.24, 2.45) is 0 Å². The molecule has 1 aromatic carbocycles. The maximum absolute atomic E-state index is 12.5. The van der Waals surface area contributed by atoms with Gasteiger partial charge in [-0.3, -0.25) is 9.69 Å². The summed E-state index contributed by atoms with van der Waals surface area (Å²) in [5.74, 6) is -0.173. The molecule has 2 saturated heterocycles. The number of aliphatic hydroxyl groups is 2. The first kappa shape index (κ1) is 21.0. The van der Waals surface area contributed by atoms with Gasteiger partial charge in [0.1, 0.15) is 12.2 Å². The summed E-state index contributed by atoms with van der Waals surface area (Å²) in [6.45, 7) is 3.56. The number of amides is 1. The number of benzene rings is 1. The van der Waals surface area contributed by atoms with Gasteiger partial charge < -0.3 is 30.1 Å². The lowest BCUT2D eigenvalue weighted by atomic mass is 10.0. The molecule has 1 aromatic rings. The van der Waals surface area contributed by atoms with Gasteiger partial charge >= 0.3 is 0 Å². The average Bonchev–Trinajstić information content (AvgIpc) is 3.02. The Bertz CT molecular complexity index is 646. The molecule has 2 fully saturated rings. The van der Waals surface area contributed by atoms with Crippen LogP contribution in [-0.4, -0.2) is 111 Å². The fourth-order valence-corrected chi connectivity index (χ4v) is 3.92. The Morgan fingerprint density at radius 2 is 1.82 bits per heavy atom. The van der Waals surface area contributed by atoms with Crippen LogP contribution in [0.15, 0.2) is 24.3 Å². The molecule has 2 aliphatic rings. The van der Waals surface area contributed by atoms with Crippen molar-refractivity contribution in [1.29, 1.82) is 0 Å². The summed E-state index contributed by atoms with van der Waals surface area (Å²) in [5.41, 5.74) is 1.61. The van der Waals surface area contributed by atoms with Crippen molar-refractivity contribution >= 4 is 11.6 Å². The van der Waals surface area contributed by atoms with E-state index in [2.05, 4.69) is 22.2 Å². The molecule has 28 heavy (non-hydrogen) atoms. The predicted molar refractivity (Wildman–Crippen MR) is 108 cm³/mol. The number of nitrogens with zero attached hydrogens (tertiary/aromatic N) is 3. The number of likely N-dealkylation sites (N-methyl/N-ethyl adjacent to an activating group) is 1. The van der Waals surface area contributed by atoms with E-state index in [1.807, 2.05) is 31.1 Å². The lowest BCUT2D eigenvalue weighted by molar-refractivity contribution is -0.0209. The highest BCUT2D eigenvalue weighted by Gasteiger charge is 2.46. The first-order valence-corrected chi connectivity index (χ1v) is 9.83. The highest BCUT2D eigenvalue weighted by Crippen LogP contribution is 2.26. The lowest BCUT2D eigenvalue weighted by Gasteiger charge is -2.39. The van der Waals surface area contributed by atoms with E-state index < -0.39 is 12.2 Å². The summed E-state index contributed by atoms with van der Waals surface area (Å²) >= 11 is 0. The molecule has 8 heteroatoms. The van der Waals surface area contributed by atoms with Crippen molar-refractivity contribution in [3.05, 3.63) is 29.8 Å². The molecule has 3 rings (SSSR count). The van der Waals surface area contributed by atoms with E-state index in [4.69, 9.17) is 4.74 Å². The number of rotatable bonds is 6. The minimum atomic E-state index is -0.769. The third kappa shape index (κ3) is 4.64. The molecule has 2 aliphatic heterocycles. The summed E-state index contributed by atoms with van der Waals surface area (Å²) in [5, 5.41) is 23.1. The number of piperazine rings is 1. The van der Waals surface area contributed by atoms with E-state index in [0.717, 1.165) is 31.9 Å².